The topological polar surface area (TPSA) is 55.1 Å². The standard InChI is InChI=1S/C12H16F2N2O/c1-12(2,6-15)7-16-11(17)9-4-3-8(13)5-10(9)14/h3-5H,6-7,15H2,1-2H3,(H,16,17). The molecule has 1 aromatic rings. The van der Waals surface area contributed by atoms with Crippen LogP contribution in [0.5, 0.6) is 0 Å². The molecule has 0 fully saturated rings. The van der Waals surface area contributed by atoms with E-state index in [2.05, 4.69) is 5.32 Å². The third kappa shape index (κ3) is 3.78. The highest BCUT2D eigenvalue weighted by Crippen LogP contribution is 2.12. The van der Waals surface area contributed by atoms with Crippen LogP contribution in [-0.4, -0.2) is 19.0 Å². The largest absolute Gasteiger partial charge is 0.351 e. The Balaban J connectivity index is 2.71. The Bertz CT molecular complexity index is 419. The number of amides is 1. The maximum Gasteiger partial charge on any atom is 0.254 e. The second-order valence-electron chi connectivity index (χ2n) is 4.68. The van der Waals surface area contributed by atoms with Crippen molar-refractivity contribution in [2.75, 3.05) is 13.1 Å². The summed E-state index contributed by atoms with van der Waals surface area (Å²) < 4.78 is 25.9. The first-order chi connectivity index (χ1) is 7.85. The Morgan fingerprint density at radius 1 is 1.41 bits per heavy atom. The van der Waals surface area contributed by atoms with Crippen molar-refractivity contribution in [3.63, 3.8) is 0 Å². The zero-order chi connectivity index (χ0) is 13.1. The van der Waals surface area contributed by atoms with Gasteiger partial charge in [0.1, 0.15) is 11.6 Å². The molecule has 0 saturated carbocycles. The second kappa shape index (κ2) is 5.23. The molecule has 0 aliphatic rings. The minimum atomic E-state index is -0.868. The van der Waals surface area contributed by atoms with E-state index < -0.39 is 17.5 Å². The third-order valence-corrected chi connectivity index (χ3v) is 2.46. The van der Waals surface area contributed by atoms with Crippen LogP contribution in [-0.2, 0) is 0 Å². The van der Waals surface area contributed by atoms with Crippen molar-refractivity contribution in [3.8, 4) is 0 Å². The SMILES string of the molecule is CC(C)(CN)CNC(=O)c1ccc(F)cc1F. The van der Waals surface area contributed by atoms with Crippen molar-refractivity contribution in [1.82, 2.24) is 5.32 Å². The number of benzene rings is 1. The summed E-state index contributed by atoms with van der Waals surface area (Å²) in [5, 5.41) is 2.57. The van der Waals surface area contributed by atoms with Crippen LogP contribution in [0.4, 0.5) is 8.78 Å². The molecule has 1 amide bonds. The third-order valence-electron chi connectivity index (χ3n) is 2.46. The van der Waals surface area contributed by atoms with Gasteiger partial charge in [0.25, 0.3) is 5.91 Å². The molecule has 0 heterocycles. The quantitative estimate of drug-likeness (QED) is 0.844. The smallest absolute Gasteiger partial charge is 0.254 e. The minimum Gasteiger partial charge on any atom is -0.351 e. The molecule has 94 valence electrons. The number of nitrogens with one attached hydrogen (secondary N) is 1. The highest BCUT2D eigenvalue weighted by molar-refractivity contribution is 5.94. The van der Waals surface area contributed by atoms with Crippen LogP contribution in [0.2, 0.25) is 0 Å². The Hall–Kier alpha value is -1.49. The van der Waals surface area contributed by atoms with Gasteiger partial charge in [-0.25, -0.2) is 8.78 Å². The molecule has 3 nitrogen and oxygen atoms in total. The molecule has 1 aromatic carbocycles. The zero-order valence-corrected chi connectivity index (χ0v) is 9.89. The summed E-state index contributed by atoms with van der Waals surface area (Å²) in [4.78, 5) is 11.6. The van der Waals surface area contributed by atoms with E-state index in [1.165, 1.54) is 0 Å². The minimum absolute atomic E-state index is 0.167. The molecule has 17 heavy (non-hydrogen) atoms. The molecule has 0 aromatic heterocycles. The van der Waals surface area contributed by atoms with Crippen LogP contribution in [0.1, 0.15) is 24.2 Å². The predicted molar refractivity (Wildman–Crippen MR) is 61.5 cm³/mol. The second-order valence-corrected chi connectivity index (χ2v) is 4.68. The zero-order valence-electron chi connectivity index (χ0n) is 9.89. The molecule has 0 radical (unpaired) electrons. The number of nitrogens with two attached hydrogens (primary N) is 1. The Morgan fingerprint density at radius 3 is 2.59 bits per heavy atom. The number of hydrogen-bond donors (Lipinski definition) is 2. The predicted octanol–water partition coefficient (Wildman–Crippen LogP) is 1.68. The van der Waals surface area contributed by atoms with Gasteiger partial charge in [-0.2, -0.15) is 0 Å². The molecule has 0 spiro atoms. The average Bonchev–Trinajstić information content (AvgIpc) is 2.26. The van der Waals surface area contributed by atoms with Gasteiger partial charge in [0, 0.05) is 12.6 Å². The Labute approximate surface area is 99.0 Å². The number of carbonyl (C=O) groups excluding carboxylic acids is 1. The van der Waals surface area contributed by atoms with E-state index in [0.717, 1.165) is 12.1 Å². The lowest BCUT2D eigenvalue weighted by Crippen LogP contribution is -2.38. The first-order valence-corrected chi connectivity index (χ1v) is 5.29. The van der Waals surface area contributed by atoms with Gasteiger partial charge in [0.15, 0.2) is 0 Å². The first-order valence-electron chi connectivity index (χ1n) is 5.29. The monoisotopic (exact) mass is 242 g/mol. The van der Waals surface area contributed by atoms with Gasteiger partial charge < -0.3 is 11.1 Å². The summed E-state index contributed by atoms with van der Waals surface area (Å²) in [6.45, 7) is 4.50. The van der Waals surface area contributed by atoms with Gasteiger partial charge in [0.05, 0.1) is 5.56 Å². The molecule has 1 rings (SSSR count). The van der Waals surface area contributed by atoms with Crippen LogP contribution in [0.3, 0.4) is 0 Å². The summed E-state index contributed by atoms with van der Waals surface area (Å²) in [7, 11) is 0. The molecule has 0 unspecified atom stereocenters. The molecule has 3 N–H and O–H groups in total. The maximum atomic E-state index is 13.3. The van der Waals surface area contributed by atoms with Gasteiger partial charge in [0.2, 0.25) is 0 Å². The molecular weight excluding hydrogens is 226 g/mol. The molecule has 0 aliphatic carbocycles. The van der Waals surface area contributed by atoms with E-state index in [9.17, 15) is 13.6 Å². The van der Waals surface area contributed by atoms with Crippen molar-refractivity contribution in [3.05, 3.63) is 35.4 Å². The van der Waals surface area contributed by atoms with Gasteiger partial charge >= 0.3 is 0 Å². The van der Waals surface area contributed by atoms with E-state index in [-0.39, 0.29) is 11.0 Å². The fraction of sp³-hybridized carbons (Fsp3) is 0.417. The van der Waals surface area contributed by atoms with Crippen LogP contribution >= 0.6 is 0 Å². The van der Waals surface area contributed by atoms with Crippen molar-refractivity contribution in [1.29, 1.82) is 0 Å². The molecule has 0 atom stereocenters. The van der Waals surface area contributed by atoms with E-state index in [1.54, 1.807) is 0 Å². The molecule has 0 aliphatic heterocycles. The van der Waals surface area contributed by atoms with E-state index >= 15 is 0 Å². The van der Waals surface area contributed by atoms with Gasteiger partial charge in [-0.3, -0.25) is 4.79 Å². The van der Waals surface area contributed by atoms with Crippen molar-refractivity contribution >= 4 is 5.91 Å². The van der Waals surface area contributed by atoms with Crippen molar-refractivity contribution in [2.24, 2.45) is 11.1 Å². The highest BCUT2D eigenvalue weighted by Gasteiger charge is 2.18. The maximum absolute atomic E-state index is 13.3. The molecule has 5 heteroatoms. The molecular formula is C12H16F2N2O. The van der Waals surface area contributed by atoms with Crippen LogP contribution in [0.15, 0.2) is 18.2 Å². The lowest BCUT2D eigenvalue weighted by molar-refractivity contribution is 0.0934. The first kappa shape index (κ1) is 13.6. The number of halogens is 2. The summed E-state index contributed by atoms with van der Waals surface area (Å²) in [6, 6.07) is 2.85. The van der Waals surface area contributed by atoms with Crippen LogP contribution < -0.4 is 11.1 Å². The highest BCUT2D eigenvalue weighted by atomic mass is 19.1. The van der Waals surface area contributed by atoms with Gasteiger partial charge in [-0.1, -0.05) is 13.8 Å². The number of rotatable bonds is 4. The fourth-order valence-electron chi connectivity index (χ4n) is 1.16. The van der Waals surface area contributed by atoms with Crippen molar-refractivity contribution in [2.45, 2.75) is 13.8 Å². The number of carbonyl (C=O) groups is 1. The summed E-state index contributed by atoms with van der Waals surface area (Å²) in [6.07, 6.45) is 0. The van der Waals surface area contributed by atoms with Crippen LogP contribution in [0.25, 0.3) is 0 Å². The van der Waals surface area contributed by atoms with Gasteiger partial charge in [-0.05, 0) is 24.1 Å². The van der Waals surface area contributed by atoms with E-state index in [1.807, 2.05) is 13.8 Å². The summed E-state index contributed by atoms with van der Waals surface area (Å²) >= 11 is 0. The lowest BCUT2D eigenvalue weighted by atomic mass is 9.94. The van der Waals surface area contributed by atoms with Gasteiger partial charge in [-0.15, -0.1) is 0 Å². The normalized spacial score (nSPS) is 11.4. The van der Waals surface area contributed by atoms with E-state index in [4.69, 9.17) is 5.73 Å². The summed E-state index contributed by atoms with van der Waals surface area (Å²) in [5.41, 5.74) is 5.08. The number of hydrogen-bond acceptors (Lipinski definition) is 2. The van der Waals surface area contributed by atoms with Crippen molar-refractivity contribution < 1.29 is 13.6 Å². The summed E-state index contributed by atoms with van der Waals surface area (Å²) in [5.74, 6) is -2.14. The molecule has 0 saturated heterocycles. The average molecular weight is 242 g/mol. The Morgan fingerprint density at radius 2 is 2.06 bits per heavy atom. The fourth-order valence-corrected chi connectivity index (χ4v) is 1.16. The Kier molecular flexibility index (Phi) is 4.17. The lowest BCUT2D eigenvalue weighted by Gasteiger charge is -2.22. The van der Waals surface area contributed by atoms with Crippen LogP contribution in [0, 0.1) is 17.0 Å². The molecule has 0 bridgehead atoms. The van der Waals surface area contributed by atoms with E-state index in [0.29, 0.717) is 19.2 Å².